The molecule has 0 aromatic heterocycles. The number of likely N-dealkylation sites (N-methyl/N-ethyl adjacent to an activating group) is 1. The predicted molar refractivity (Wildman–Crippen MR) is 95.4 cm³/mol. The Morgan fingerprint density at radius 3 is 2.63 bits per heavy atom. The van der Waals surface area contributed by atoms with Crippen LogP contribution in [0.15, 0.2) is 35.9 Å². The van der Waals surface area contributed by atoms with Crippen molar-refractivity contribution < 1.29 is 9.69 Å². The van der Waals surface area contributed by atoms with Gasteiger partial charge in [0.2, 0.25) is 11.3 Å². The number of amides is 1. The summed E-state index contributed by atoms with van der Waals surface area (Å²) < 4.78 is 0. The standard InChI is InChI=1S/C20H16N6O/c1-26-7-6-12-13(8-21)17(24)19(10-22,11-23)20(15(12)9-26)14-4-2-3-5-16(14)25-18(20)27/h2-6,13,15,24H,7,9H2,1H3,(H,25,27)/p+1/t13?,15-,20+/m0/s1. The number of hydrogen-bond acceptors (Lipinski definition) is 5. The summed E-state index contributed by atoms with van der Waals surface area (Å²) in [5.41, 5.74) is -2.08. The van der Waals surface area contributed by atoms with Crippen molar-refractivity contribution in [2.75, 3.05) is 25.5 Å². The Morgan fingerprint density at radius 1 is 1.26 bits per heavy atom. The smallest absolute Gasteiger partial charge is 0.239 e. The van der Waals surface area contributed by atoms with Crippen molar-refractivity contribution in [3.63, 3.8) is 0 Å². The lowest BCUT2D eigenvalue weighted by Crippen LogP contribution is -3.11. The van der Waals surface area contributed by atoms with Crippen LogP contribution < -0.4 is 10.2 Å². The number of fused-ring (bicyclic) bond motifs is 4. The van der Waals surface area contributed by atoms with E-state index in [0.717, 1.165) is 4.90 Å². The van der Waals surface area contributed by atoms with Crippen LogP contribution in [-0.4, -0.2) is 31.8 Å². The number of para-hydroxylation sites is 1. The van der Waals surface area contributed by atoms with Crippen LogP contribution >= 0.6 is 0 Å². The SMILES string of the molecule is C[NH+]1CC=C2C(C#N)C(=N)C(C#N)(C#N)[C@@]3(C(=O)Nc4ccccc43)[C@H]2C1. The second-order valence-electron chi connectivity index (χ2n) is 7.38. The molecule has 1 saturated carbocycles. The molecule has 3 N–H and O–H groups in total. The van der Waals surface area contributed by atoms with Gasteiger partial charge in [0.05, 0.1) is 50.0 Å². The molecule has 2 heterocycles. The van der Waals surface area contributed by atoms with Crippen molar-refractivity contribution >= 4 is 17.3 Å². The lowest BCUT2D eigenvalue weighted by molar-refractivity contribution is -0.879. The van der Waals surface area contributed by atoms with Gasteiger partial charge in [-0.2, -0.15) is 15.8 Å². The zero-order valence-electron chi connectivity index (χ0n) is 14.7. The average molecular weight is 357 g/mol. The summed E-state index contributed by atoms with van der Waals surface area (Å²) in [4.78, 5) is 14.5. The first kappa shape index (κ1) is 17.0. The van der Waals surface area contributed by atoms with E-state index in [1.807, 2.05) is 25.3 Å². The largest absolute Gasteiger partial charge is 0.334 e. The van der Waals surface area contributed by atoms with Crippen molar-refractivity contribution in [2.24, 2.45) is 17.3 Å². The molecule has 132 valence electrons. The molecule has 7 nitrogen and oxygen atoms in total. The fraction of sp³-hybridized carbons (Fsp3) is 0.350. The topological polar surface area (TPSA) is 129 Å². The molecule has 1 amide bonds. The summed E-state index contributed by atoms with van der Waals surface area (Å²) in [5.74, 6) is -1.92. The molecule has 1 fully saturated rings. The number of nitriles is 3. The number of carbonyl (C=O) groups is 1. The van der Waals surface area contributed by atoms with Crippen LogP contribution in [0.3, 0.4) is 0 Å². The minimum absolute atomic E-state index is 0.302. The Bertz CT molecular complexity index is 1020. The predicted octanol–water partition coefficient (Wildman–Crippen LogP) is 0.154. The third-order valence-corrected chi connectivity index (χ3v) is 6.20. The molecule has 2 aliphatic heterocycles. The number of quaternary nitrogens is 1. The van der Waals surface area contributed by atoms with Crippen LogP contribution in [0.25, 0.3) is 0 Å². The van der Waals surface area contributed by atoms with Gasteiger partial charge in [-0.3, -0.25) is 4.79 Å². The summed E-state index contributed by atoms with van der Waals surface area (Å²) in [6.07, 6.45) is 1.90. The molecule has 1 spiro atoms. The monoisotopic (exact) mass is 357 g/mol. The first-order valence-electron chi connectivity index (χ1n) is 8.71. The molecule has 1 aromatic rings. The minimum Gasteiger partial charge on any atom is -0.334 e. The van der Waals surface area contributed by atoms with Gasteiger partial charge in [0.1, 0.15) is 11.3 Å². The number of hydrogen-bond donors (Lipinski definition) is 3. The third-order valence-electron chi connectivity index (χ3n) is 6.20. The average Bonchev–Trinajstić information content (AvgIpc) is 2.97. The van der Waals surface area contributed by atoms with Crippen molar-refractivity contribution in [2.45, 2.75) is 5.41 Å². The van der Waals surface area contributed by atoms with Gasteiger partial charge in [0.15, 0.2) is 0 Å². The zero-order chi connectivity index (χ0) is 19.4. The summed E-state index contributed by atoms with van der Waals surface area (Å²) in [5, 5.41) is 41.4. The first-order chi connectivity index (χ1) is 13.0. The molecule has 27 heavy (non-hydrogen) atoms. The summed E-state index contributed by atoms with van der Waals surface area (Å²) in [6, 6.07) is 13.1. The Hall–Kier alpha value is -3.47. The lowest BCUT2D eigenvalue weighted by atomic mass is 9.45. The Labute approximate surface area is 156 Å². The van der Waals surface area contributed by atoms with Gasteiger partial charge in [-0.15, -0.1) is 0 Å². The number of anilines is 1. The molecule has 1 aromatic carbocycles. The number of carbonyl (C=O) groups excluding carboxylic acids is 1. The van der Waals surface area contributed by atoms with Gasteiger partial charge in [-0.25, -0.2) is 0 Å². The fourth-order valence-electron chi connectivity index (χ4n) is 5.02. The number of nitrogens with zero attached hydrogens (tertiary/aromatic N) is 3. The quantitative estimate of drug-likeness (QED) is 0.571. The lowest BCUT2D eigenvalue weighted by Gasteiger charge is -2.51. The van der Waals surface area contributed by atoms with E-state index in [2.05, 4.69) is 11.4 Å². The van der Waals surface area contributed by atoms with Gasteiger partial charge in [0.25, 0.3) is 0 Å². The van der Waals surface area contributed by atoms with E-state index in [4.69, 9.17) is 5.41 Å². The molecule has 0 radical (unpaired) electrons. The summed E-state index contributed by atoms with van der Waals surface area (Å²) in [6.45, 7) is 1.17. The molecule has 2 unspecified atom stereocenters. The molecule has 7 heteroatoms. The minimum atomic E-state index is -2.04. The Kier molecular flexibility index (Phi) is 3.46. The highest BCUT2D eigenvalue weighted by Gasteiger charge is 2.73. The van der Waals surface area contributed by atoms with E-state index >= 15 is 0 Å². The molecule has 3 aliphatic rings. The second-order valence-corrected chi connectivity index (χ2v) is 7.38. The van der Waals surface area contributed by atoms with E-state index in [9.17, 15) is 20.6 Å². The normalized spacial score (nSPS) is 33.0. The molecule has 1 aliphatic carbocycles. The van der Waals surface area contributed by atoms with Gasteiger partial charge in [0, 0.05) is 5.69 Å². The van der Waals surface area contributed by atoms with E-state index in [-0.39, 0.29) is 5.71 Å². The summed E-state index contributed by atoms with van der Waals surface area (Å²) >= 11 is 0. The van der Waals surface area contributed by atoms with Crippen molar-refractivity contribution in [1.29, 1.82) is 21.2 Å². The highest BCUT2D eigenvalue weighted by atomic mass is 16.2. The Balaban J connectivity index is 2.14. The third kappa shape index (κ3) is 1.76. The van der Waals surface area contributed by atoms with Crippen LogP contribution in [0.1, 0.15) is 5.56 Å². The van der Waals surface area contributed by atoms with Crippen LogP contribution in [0.5, 0.6) is 0 Å². The van der Waals surface area contributed by atoms with Crippen LogP contribution in [0.2, 0.25) is 0 Å². The summed E-state index contributed by atoms with van der Waals surface area (Å²) in [7, 11) is 1.97. The molecular weight excluding hydrogens is 340 g/mol. The van der Waals surface area contributed by atoms with Crippen LogP contribution in [0.4, 0.5) is 5.69 Å². The maximum Gasteiger partial charge on any atom is 0.239 e. The van der Waals surface area contributed by atoms with Gasteiger partial charge in [-0.05, 0) is 23.3 Å². The number of nitrogens with one attached hydrogen (secondary N) is 3. The number of benzene rings is 1. The van der Waals surface area contributed by atoms with Crippen molar-refractivity contribution in [3.05, 3.63) is 41.5 Å². The second kappa shape index (κ2) is 5.51. The van der Waals surface area contributed by atoms with Crippen molar-refractivity contribution in [1.82, 2.24) is 0 Å². The highest BCUT2D eigenvalue weighted by molar-refractivity contribution is 6.16. The van der Waals surface area contributed by atoms with E-state index in [0.29, 0.717) is 29.9 Å². The highest BCUT2D eigenvalue weighted by Crippen LogP contribution is 2.60. The first-order valence-corrected chi connectivity index (χ1v) is 8.71. The van der Waals surface area contributed by atoms with E-state index in [1.54, 1.807) is 24.3 Å². The van der Waals surface area contributed by atoms with E-state index in [1.165, 1.54) is 0 Å². The van der Waals surface area contributed by atoms with Crippen molar-refractivity contribution in [3.8, 4) is 18.2 Å². The van der Waals surface area contributed by atoms with Gasteiger partial charge in [-0.1, -0.05) is 18.2 Å². The fourth-order valence-corrected chi connectivity index (χ4v) is 5.02. The van der Waals surface area contributed by atoms with Crippen LogP contribution in [0, 0.1) is 56.7 Å². The van der Waals surface area contributed by atoms with Gasteiger partial charge >= 0.3 is 0 Å². The maximum atomic E-state index is 13.4. The molecule has 0 bridgehead atoms. The molecular formula is C20H17N6O+. The molecule has 4 atom stereocenters. The zero-order valence-corrected chi connectivity index (χ0v) is 14.7. The van der Waals surface area contributed by atoms with E-state index < -0.39 is 28.6 Å². The molecule has 0 saturated heterocycles. The number of rotatable bonds is 0. The van der Waals surface area contributed by atoms with Crippen LogP contribution in [-0.2, 0) is 10.2 Å². The molecule has 4 rings (SSSR count). The van der Waals surface area contributed by atoms with Gasteiger partial charge < -0.3 is 15.6 Å². The Morgan fingerprint density at radius 2 is 1.96 bits per heavy atom. The maximum absolute atomic E-state index is 13.4.